The van der Waals surface area contributed by atoms with Gasteiger partial charge in [-0.05, 0) is 32.9 Å². The van der Waals surface area contributed by atoms with Crippen molar-refractivity contribution in [2.24, 2.45) is 0 Å². The van der Waals surface area contributed by atoms with Crippen molar-refractivity contribution in [1.82, 2.24) is 24.8 Å². The number of aromatic nitrogens is 3. The molecule has 1 fully saturated rings. The number of nitrogens with zero attached hydrogens (tertiary/aromatic N) is 6. The van der Waals surface area contributed by atoms with Crippen LogP contribution in [0.15, 0.2) is 11.4 Å². The topological polar surface area (TPSA) is 117 Å². The molecule has 1 amide bonds. The van der Waals surface area contributed by atoms with Gasteiger partial charge in [0.15, 0.2) is 5.13 Å². The molecule has 2 aromatic rings. The smallest absolute Gasteiger partial charge is 0.273 e. The molecule has 0 bridgehead atoms. The van der Waals surface area contributed by atoms with Crippen LogP contribution in [-0.2, 0) is 9.47 Å². The van der Waals surface area contributed by atoms with Gasteiger partial charge in [-0.1, -0.05) is 0 Å². The van der Waals surface area contributed by atoms with Crippen LogP contribution in [0.2, 0.25) is 0 Å². The Morgan fingerprint density at radius 2 is 1.94 bits per heavy atom. The minimum absolute atomic E-state index is 0.155. The van der Waals surface area contributed by atoms with Gasteiger partial charge < -0.3 is 19.7 Å². The number of thiazole rings is 1. The van der Waals surface area contributed by atoms with Crippen LogP contribution in [0.4, 0.5) is 10.9 Å². The number of piperidine rings is 1. The molecule has 0 spiro atoms. The first-order chi connectivity index (χ1) is 16.0. The molecular weight excluding hydrogens is 442 g/mol. The molecule has 1 N–H and O–H groups in total. The third-order valence-corrected chi connectivity index (χ3v) is 6.29. The highest BCUT2D eigenvalue weighted by atomic mass is 32.1. The zero-order chi connectivity index (χ0) is 23.6. The lowest BCUT2D eigenvalue weighted by atomic mass is 9.93. The predicted octanol–water partition coefficient (Wildman–Crippen LogP) is 2.42. The lowest BCUT2D eigenvalue weighted by molar-refractivity contribution is 0.0622. The van der Waals surface area contributed by atoms with Crippen LogP contribution in [0.25, 0.3) is 0 Å². The Balaban J connectivity index is 1.67. The van der Waals surface area contributed by atoms with Crippen LogP contribution in [-0.4, -0.2) is 90.8 Å². The van der Waals surface area contributed by atoms with Gasteiger partial charge in [-0.15, -0.1) is 11.3 Å². The number of aryl methyl sites for hydroxylation is 1. The van der Waals surface area contributed by atoms with Gasteiger partial charge in [-0.25, -0.2) is 15.0 Å². The number of hydrogen-bond donors (Lipinski definition) is 1. The van der Waals surface area contributed by atoms with Gasteiger partial charge in [0.1, 0.15) is 17.3 Å². The Morgan fingerprint density at radius 3 is 2.58 bits per heavy atom. The lowest BCUT2D eigenvalue weighted by Gasteiger charge is -2.30. The van der Waals surface area contributed by atoms with Gasteiger partial charge in [0, 0.05) is 50.4 Å². The third-order valence-electron chi connectivity index (χ3n) is 5.53. The summed E-state index contributed by atoms with van der Waals surface area (Å²) in [7, 11) is 3.22. The Bertz CT molecular complexity index is 946. The molecule has 33 heavy (non-hydrogen) atoms. The monoisotopic (exact) mass is 473 g/mol. The SMILES string of the molecule is COCCN(CCOC)C(=O)c1csc(Nc2cc(C3CCN(CC#N)CC3)nc(C)n2)n1. The van der Waals surface area contributed by atoms with E-state index in [1.165, 1.54) is 11.3 Å². The number of carbonyl (C=O) groups is 1. The lowest BCUT2D eigenvalue weighted by Crippen LogP contribution is -2.36. The molecule has 1 saturated heterocycles. The van der Waals surface area contributed by atoms with E-state index in [0.29, 0.717) is 61.2 Å². The Labute approximate surface area is 198 Å². The van der Waals surface area contributed by atoms with Gasteiger partial charge in [-0.2, -0.15) is 5.26 Å². The summed E-state index contributed by atoms with van der Waals surface area (Å²) in [6.07, 6.45) is 1.93. The van der Waals surface area contributed by atoms with Crippen molar-refractivity contribution in [2.75, 3.05) is 65.5 Å². The highest BCUT2D eigenvalue weighted by Crippen LogP contribution is 2.29. The average molecular weight is 474 g/mol. The number of nitrogens with one attached hydrogen (secondary N) is 1. The van der Waals surface area contributed by atoms with E-state index in [4.69, 9.17) is 14.7 Å². The fourth-order valence-corrected chi connectivity index (χ4v) is 4.46. The quantitative estimate of drug-likeness (QED) is 0.491. The minimum Gasteiger partial charge on any atom is -0.383 e. The summed E-state index contributed by atoms with van der Waals surface area (Å²) in [4.78, 5) is 30.4. The number of methoxy groups -OCH3 is 2. The normalized spacial score (nSPS) is 14.7. The molecule has 1 aliphatic heterocycles. The van der Waals surface area contributed by atoms with E-state index >= 15 is 0 Å². The Morgan fingerprint density at radius 1 is 1.24 bits per heavy atom. The number of hydrogen-bond acceptors (Lipinski definition) is 10. The summed E-state index contributed by atoms with van der Waals surface area (Å²) in [5, 5.41) is 14.5. The summed E-state index contributed by atoms with van der Waals surface area (Å²) in [5.74, 6) is 1.54. The first kappa shape index (κ1) is 25.0. The van der Waals surface area contributed by atoms with E-state index in [2.05, 4.69) is 31.2 Å². The van der Waals surface area contributed by atoms with E-state index in [0.717, 1.165) is 31.6 Å². The maximum atomic E-state index is 12.9. The van der Waals surface area contributed by atoms with Gasteiger partial charge in [0.2, 0.25) is 0 Å². The van der Waals surface area contributed by atoms with Crippen molar-refractivity contribution >= 4 is 28.2 Å². The number of amides is 1. The largest absolute Gasteiger partial charge is 0.383 e. The van der Waals surface area contributed by atoms with Gasteiger partial charge in [0.05, 0.1) is 25.8 Å². The van der Waals surface area contributed by atoms with Crippen LogP contribution in [0.3, 0.4) is 0 Å². The van der Waals surface area contributed by atoms with E-state index in [9.17, 15) is 4.79 Å². The van der Waals surface area contributed by atoms with E-state index in [1.807, 2.05) is 13.0 Å². The number of anilines is 2. The van der Waals surface area contributed by atoms with Crippen molar-refractivity contribution in [3.05, 3.63) is 28.7 Å². The molecule has 0 saturated carbocycles. The molecule has 3 heterocycles. The second kappa shape index (κ2) is 12.6. The van der Waals surface area contributed by atoms with Crippen molar-refractivity contribution in [3.8, 4) is 6.07 Å². The number of ether oxygens (including phenoxy) is 2. The van der Waals surface area contributed by atoms with Gasteiger partial charge in [-0.3, -0.25) is 9.69 Å². The second-order valence-corrected chi connectivity index (χ2v) is 8.73. The summed E-state index contributed by atoms with van der Waals surface area (Å²) >= 11 is 1.36. The highest BCUT2D eigenvalue weighted by molar-refractivity contribution is 7.14. The van der Waals surface area contributed by atoms with Crippen molar-refractivity contribution in [1.29, 1.82) is 5.26 Å². The van der Waals surface area contributed by atoms with Crippen LogP contribution in [0.5, 0.6) is 0 Å². The molecular formula is C22H31N7O3S. The Hall–Kier alpha value is -2.65. The average Bonchev–Trinajstić information content (AvgIpc) is 3.27. The first-order valence-corrected chi connectivity index (χ1v) is 11.9. The molecule has 0 aromatic carbocycles. The van der Waals surface area contributed by atoms with Crippen LogP contribution >= 0.6 is 11.3 Å². The molecule has 0 aliphatic carbocycles. The molecule has 2 aromatic heterocycles. The number of nitriles is 1. The van der Waals surface area contributed by atoms with E-state index in [-0.39, 0.29) is 5.91 Å². The minimum atomic E-state index is -0.155. The number of carbonyl (C=O) groups excluding carboxylic acids is 1. The maximum absolute atomic E-state index is 12.9. The summed E-state index contributed by atoms with van der Waals surface area (Å²) in [6, 6.07) is 4.18. The molecule has 0 atom stereocenters. The van der Waals surface area contributed by atoms with Gasteiger partial charge >= 0.3 is 0 Å². The van der Waals surface area contributed by atoms with Gasteiger partial charge in [0.25, 0.3) is 5.91 Å². The predicted molar refractivity (Wildman–Crippen MR) is 126 cm³/mol. The number of rotatable bonds is 11. The molecule has 0 radical (unpaired) electrons. The van der Waals surface area contributed by atoms with Crippen LogP contribution in [0, 0.1) is 18.3 Å². The number of likely N-dealkylation sites (tertiary alicyclic amines) is 1. The maximum Gasteiger partial charge on any atom is 0.273 e. The second-order valence-electron chi connectivity index (χ2n) is 7.87. The summed E-state index contributed by atoms with van der Waals surface area (Å²) in [6.45, 7) is 5.98. The molecule has 10 nitrogen and oxygen atoms in total. The van der Waals surface area contributed by atoms with Crippen LogP contribution in [0.1, 0.15) is 40.8 Å². The highest BCUT2D eigenvalue weighted by Gasteiger charge is 2.23. The molecule has 11 heteroatoms. The zero-order valence-electron chi connectivity index (χ0n) is 19.4. The molecule has 178 valence electrons. The first-order valence-electron chi connectivity index (χ1n) is 11.0. The molecule has 3 rings (SSSR count). The fraction of sp³-hybridized carbons (Fsp3) is 0.591. The summed E-state index contributed by atoms with van der Waals surface area (Å²) < 4.78 is 10.2. The van der Waals surface area contributed by atoms with E-state index < -0.39 is 0 Å². The zero-order valence-corrected chi connectivity index (χ0v) is 20.2. The molecule has 0 unspecified atom stereocenters. The standard InChI is InChI=1S/C22H31N7O3S/c1-16-24-18(17-4-7-28(8-5-17)9-6-23)14-20(25-16)27-22-26-19(15-33-22)21(30)29(10-12-31-2)11-13-32-3/h14-15,17H,4-5,7-13H2,1-3H3,(H,24,25,26,27). The van der Waals surface area contributed by atoms with Crippen molar-refractivity contribution in [3.63, 3.8) is 0 Å². The van der Waals surface area contributed by atoms with Crippen LogP contribution < -0.4 is 5.32 Å². The van der Waals surface area contributed by atoms with Crippen molar-refractivity contribution in [2.45, 2.75) is 25.7 Å². The fourth-order valence-electron chi connectivity index (χ4n) is 3.77. The molecule has 1 aliphatic rings. The Kier molecular flexibility index (Phi) is 9.50. The van der Waals surface area contributed by atoms with E-state index in [1.54, 1.807) is 24.5 Å². The summed E-state index contributed by atoms with van der Waals surface area (Å²) in [5.41, 5.74) is 1.38. The third kappa shape index (κ3) is 7.17. The van der Waals surface area contributed by atoms with Crippen molar-refractivity contribution < 1.29 is 14.3 Å².